The van der Waals surface area contributed by atoms with Crippen molar-refractivity contribution in [1.29, 1.82) is 0 Å². The van der Waals surface area contributed by atoms with Crippen molar-refractivity contribution in [2.75, 3.05) is 0 Å². The smallest absolute Gasteiger partial charge is 0.144 e. The largest absolute Gasteiger partial charge is 0.463 e. The number of furan rings is 1. The zero-order chi connectivity index (χ0) is 22.5. The molecule has 0 aliphatic rings. The molecule has 0 saturated carbocycles. The number of rotatable bonds is 4. The minimum atomic E-state index is 0.810. The lowest BCUT2D eigenvalue weighted by Gasteiger charge is -2.05. The van der Waals surface area contributed by atoms with Crippen LogP contribution < -0.4 is 0 Å². The first-order chi connectivity index (χ1) is 16.8. The van der Waals surface area contributed by atoms with Crippen LogP contribution in [0.3, 0.4) is 0 Å². The number of aromatic amines is 2. The average Bonchev–Trinajstić information content (AvgIpc) is 3.67. The maximum Gasteiger partial charge on any atom is 0.144 e. The summed E-state index contributed by atoms with van der Waals surface area (Å²) < 4.78 is 5.90. The fourth-order valence-electron chi connectivity index (χ4n) is 4.45. The summed E-state index contributed by atoms with van der Waals surface area (Å²) in [4.78, 5) is 18.9. The number of pyridine rings is 1. The predicted octanol–water partition coefficient (Wildman–Crippen LogP) is 7.76. The molecule has 0 unspecified atom stereocenters. The molecule has 5 aromatic heterocycles. The van der Waals surface area contributed by atoms with Gasteiger partial charge in [-0.2, -0.15) is 0 Å². The molecule has 5 nitrogen and oxygen atoms in total. The van der Waals surface area contributed by atoms with Gasteiger partial charge in [0.15, 0.2) is 0 Å². The second-order valence-electron chi connectivity index (χ2n) is 8.08. The number of fused-ring (bicyclic) bond motifs is 2. The summed E-state index contributed by atoms with van der Waals surface area (Å²) in [6, 6.07) is 28.5. The summed E-state index contributed by atoms with van der Waals surface area (Å²) in [7, 11) is 0. The predicted molar refractivity (Wildman–Crippen MR) is 138 cm³/mol. The maximum absolute atomic E-state index is 5.90. The Morgan fingerprint density at radius 3 is 2.38 bits per heavy atom. The van der Waals surface area contributed by atoms with Crippen molar-refractivity contribution >= 4 is 33.3 Å². The number of aromatic nitrogens is 4. The van der Waals surface area contributed by atoms with Gasteiger partial charge in [-0.1, -0.05) is 36.4 Å². The van der Waals surface area contributed by atoms with E-state index in [1.807, 2.05) is 60.8 Å². The molecule has 2 N–H and O–H groups in total. The molecule has 0 atom stereocenters. The average molecular weight is 459 g/mol. The van der Waals surface area contributed by atoms with Crippen LogP contribution in [0.15, 0.2) is 102 Å². The molecule has 7 aromatic rings. The van der Waals surface area contributed by atoms with Gasteiger partial charge < -0.3 is 14.4 Å². The summed E-state index contributed by atoms with van der Waals surface area (Å²) in [6.45, 7) is 0. The molecule has 0 radical (unpaired) electrons. The first-order valence-electron chi connectivity index (χ1n) is 11.0. The van der Waals surface area contributed by atoms with E-state index in [4.69, 9.17) is 9.40 Å². The molecule has 0 fully saturated rings. The van der Waals surface area contributed by atoms with E-state index in [9.17, 15) is 0 Å². The number of thiophene rings is 1. The van der Waals surface area contributed by atoms with Crippen molar-refractivity contribution in [2.24, 2.45) is 0 Å². The molecule has 0 spiro atoms. The van der Waals surface area contributed by atoms with Gasteiger partial charge in [-0.25, -0.2) is 4.98 Å². The van der Waals surface area contributed by atoms with Crippen LogP contribution in [0.4, 0.5) is 0 Å². The van der Waals surface area contributed by atoms with Crippen molar-refractivity contribution < 1.29 is 4.42 Å². The Morgan fingerprint density at radius 1 is 0.735 bits per heavy atom. The number of benzene rings is 2. The fraction of sp³-hybridized carbons (Fsp3) is 0. The van der Waals surface area contributed by atoms with E-state index in [1.54, 1.807) is 17.6 Å². The molecule has 7 rings (SSSR count). The molecule has 0 aliphatic heterocycles. The van der Waals surface area contributed by atoms with E-state index in [1.165, 1.54) is 0 Å². The highest BCUT2D eigenvalue weighted by molar-refractivity contribution is 7.20. The Labute approximate surface area is 198 Å². The van der Waals surface area contributed by atoms with Crippen LogP contribution in [0.5, 0.6) is 0 Å². The molecular formula is C28H18N4OS. The van der Waals surface area contributed by atoms with Gasteiger partial charge in [-0.05, 0) is 48.5 Å². The molecule has 5 heterocycles. The number of imidazole rings is 1. The van der Waals surface area contributed by atoms with E-state index >= 15 is 0 Å². The molecule has 34 heavy (non-hydrogen) atoms. The van der Waals surface area contributed by atoms with Crippen LogP contribution in [0.25, 0.3) is 65.8 Å². The lowest BCUT2D eigenvalue weighted by Crippen LogP contribution is -1.88. The summed E-state index contributed by atoms with van der Waals surface area (Å²) in [5, 5.41) is 1.16. The van der Waals surface area contributed by atoms with Gasteiger partial charge >= 0.3 is 0 Å². The van der Waals surface area contributed by atoms with Gasteiger partial charge in [-0.3, -0.25) is 4.98 Å². The molecule has 0 amide bonds. The van der Waals surface area contributed by atoms with Crippen LogP contribution in [-0.2, 0) is 0 Å². The summed E-state index contributed by atoms with van der Waals surface area (Å²) >= 11 is 1.67. The molecule has 0 bridgehead atoms. The van der Waals surface area contributed by atoms with Gasteiger partial charge in [0.05, 0.1) is 32.7 Å². The minimum Gasteiger partial charge on any atom is -0.463 e. The van der Waals surface area contributed by atoms with Crippen molar-refractivity contribution in [3.63, 3.8) is 0 Å². The summed E-state index contributed by atoms with van der Waals surface area (Å²) in [5.74, 6) is 1.63. The first kappa shape index (κ1) is 19.1. The fourth-order valence-corrected chi connectivity index (χ4v) is 5.71. The van der Waals surface area contributed by atoms with Crippen molar-refractivity contribution in [1.82, 2.24) is 19.9 Å². The van der Waals surface area contributed by atoms with Crippen LogP contribution >= 0.6 is 11.3 Å². The van der Waals surface area contributed by atoms with E-state index in [0.29, 0.717) is 0 Å². The standard InChI is InChI=1S/C28H18N4OS/c1-2-9-18-17(8-1)16-22(30-18)24-25(28-31-19-10-3-4-11-20(19)32-28)26(21-12-5-6-14-29-21)34-27(24)23-13-7-15-33-23/h1-16,30H,(H,31,32). The SMILES string of the molecule is c1ccc(-c2sc(-c3ccco3)c(-c3cc4ccccc4[nH]3)c2-c2nc3ccccc3[nH]2)nc1. The number of nitrogens with one attached hydrogen (secondary N) is 2. The molecule has 162 valence electrons. The van der Waals surface area contributed by atoms with Crippen LogP contribution in [0.1, 0.15) is 0 Å². The Bertz CT molecular complexity index is 1690. The van der Waals surface area contributed by atoms with Gasteiger partial charge in [0.25, 0.3) is 0 Å². The zero-order valence-electron chi connectivity index (χ0n) is 17.9. The number of hydrogen-bond acceptors (Lipinski definition) is 4. The number of para-hydroxylation sites is 3. The first-order valence-corrected chi connectivity index (χ1v) is 11.8. The second-order valence-corrected chi connectivity index (χ2v) is 9.10. The number of H-pyrrole nitrogens is 2. The zero-order valence-corrected chi connectivity index (χ0v) is 18.8. The molecule has 0 saturated heterocycles. The third-order valence-corrected chi connectivity index (χ3v) is 7.20. The quantitative estimate of drug-likeness (QED) is 0.283. The Hall–Kier alpha value is -4.42. The lowest BCUT2D eigenvalue weighted by molar-refractivity contribution is 0.584. The van der Waals surface area contributed by atoms with Crippen LogP contribution in [0, 0.1) is 0 Å². The highest BCUT2D eigenvalue weighted by atomic mass is 32.1. The summed E-state index contributed by atoms with van der Waals surface area (Å²) in [6.07, 6.45) is 3.54. The lowest BCUT2D eigenvalue weighted by atomic mass is 10.0. The van der Waals surface area contributed by atoms with Crippen LogP contribution in [-0.4, -0.2) is 19.9 Å². The Kier molecular flexibility index (Phi) is 4.25. The number of hydrogen-bond donors (Lipinski definition) is 2. The molecular weight excluding hydrogens is 440 g/mol. The van der Waals surface area contributed by atoms with Crippen LogP contribution in [0.2, 0.25) is 0 Å². The Balaban J connectivity index is 1.60. The molecule has 0 aliphatic carbocycles. The molecule has 6 heteroatoms. The molecule has 2 aromatic carbocycles. The van der Waals surface area contributed by atoms with Gasteiger partial charge in [0.2, 0.25) is 0 Å². The van der Waals surface area contributed by atoms with E-state index < -0.39 is 0 Å². The van der Waals surface area contributed by atoms with Gasteiger partial charge in [0.1, 0.15) is 11.6 Å². The van der Waals surface area contributed by atoms with Gasteiger partial charge in [0, 0.05) is 33.9 Å². The normalized spacial score (nSPS) is 11.5. The van der Waals surface area contributed by atoms with Crippen molar-refractivity contribution in [3.8, 4) is 43.9 Å². The third kappa shape index (κ3) is 3.00. The second kappa shape index (κ2) is 7.57. The topological polar surface area (TPSA) is 70.5 Å². The maximum atomic E-state index is 5.90. The summed E-state index contributed by atoms with van der Waals surface area (Å²) in [5.41, 5.74) is 6.99. The third-order valence-electron chi connectivity index (χ3n) is 5.98. The highest BCUT2D eigenvalue weighted by Gasteiger charge is 2.27. The van der Waals surface area contributed by atoms with Crippen molar-refractivity contribution in [3.05, 3.63) is 97.4 Å². The van der Waals surface area contributed by atoms with E-state index in [2.05, 4.69) is 45.3 Å². The van der Waals surface area contributed by atoms with Gasteiger partial charge in [-0.15, -0.1) is 11.3 Å². The number of nitrogens with zero attached hydrogens (tertiary/aromatic N) is 2. The van der Waals surface area contributed by atoms with E-state index in [-0.39, 0.29) is 0 Å². The van der Waals surface area contributed by atoms with Crippen molar-refractivity contribution in [2.45, 2.75) is 0 Å². The Morgan fingerprint density at radius 2 is 1.59 bits per heavy atom. The highest BCUT2D eigenvalue weighted by Crippen LogP contribution is 2.51. The van der Waals surface area contributed by atoms with E-state index in [0.717, 1.165) is 65.8 Å². The monoisotopic (exact) mass is 458 g/mol. The minimum absolute atomic E-state index is 0.810.